The Hall–Kier alpha value is -0.210. The summed E-state index contributed by atoms with van der Waals surface area (Å²) in [5, 5.41) is 0. The van der Waals surface area contributed by atoms with Crippen molar-refractivity contribution in [2.75, 3.05) is 0 Å². The molecule has 1 aliphatic rings. The highest BCUT2D eigenvalue weighted by atomic mass is 19.4. The van der Waals surface area contributed by atoms with Crippen LogP contribution in [0.5, 0.6) is 0 Å². The van der Waals surface area contributed by atoms with E-state index in [-0.39, 0.29) is 5.41 Å². The van der Waals surface area contributed by atoms with E-state index in [2.05, 4.69) is 0 Å². The van der Waals surface area contributed by atoms with E-state index in [1.54, 1.807) is 0 Å². The highest BCUT2D eigenvalue weighted by Crippen LogP contribution is 2.60. The Morgan fingerprint density at radius 3 is 1.67 bits per heavy atom. The average molecular weight is 224 g/mol. The van der Waals surface area contributed by atoms with E-state index < -0.39 is 18.0 Å². The molecule has 1 aliphatic carbocycles. The summed E-state index contributed by atoms with van der Waals surface area (Å²) in [6.45, 7) is 9.94. The van der Waals surface area contributed by atoms with Gasteiger partial charge in [0.1, 0.15) is 0 Å². The fraction of sp³-hybridized carbons (Fsp3) is 1.00. The molecule has 0 unspecified atom stereocenters. The predicted octanol–water partition coefficient (Wildman–Crippen LogP) is 5.18. The predicted molar refractivity (Wildman–Crippen MR) is 57.8 cm³/mol. The quantitative estimate of drug-likeness (QED) is 0.606. The van der Waals surface area contributed by atoms with Gasteiger partial charge >= 0.3 is 6.18 Å². The molecule has 0 atom stereocenters. The van der Waals surface area contributed by atoms with Gasteiger partial charge in [0.2, 0.25) is 0 Å². The zero-order valence-corrected chi connectivity index (χ0v) is 10.5. The van der Waals surface area contributed by atoms with E-state index in [1.165, 1.54) is 0 Å². The maximum absolute atomic E-state index is 12.2. The van der Waals surface area contributed by atoms with Crippen LogP contribution in [0.3, 0.4) is 0 Å². The molecule has 1 rings (SSSR count). The molecule has 0 aromatic carbocycles. The molecule has 0 aromatic heterocycles. The molecule has 0 amide bonds. The molecule has 3 heteroatoms. The van der Waals surface area contributed by atoms with Crippen LogP contribution in [0.2, 0.25) is 0 Å². The molecule has 0 bridgehead atoms. The summed E-state index contributed by atoms with van der Waals surface area (Å²) in [5.74, 6) is 0. The molecular weight excluding hydrogens is 201 g/mol. The molecule has 0 heterocycles. The third-order valence-corrected chi connectivity index (χ3v) is 3.03. The zero-order valence-electron chi connectivity index (χ0n) is 10.5. The van der Waals surface area contributed by atoms with E-state index in [9.17, 15) is 13.2 Å². The van der Waals surface area contributed by atoms with Crippen LogP contribution in [0.15, 0.2) is 0 Å². The second-order valence-electron chi connectivity index (χ2n) is 5.16. The lowest BCUT2D eigenvalue weighted by Gasteiger charge is -2.53. The van der Waals surface area contributed by atoms with Crippen molar-refractivity contribution in [3.63, 3.8) is 0 Å². The van der Waals surface area contributed by atoms with Crippen LogP contribution >= 0.6 is 0 Å². The van der Waals surface area contributed by atoms with Gasteiger partial charge in [0.05, 0.1) is 0 Å². The summed E-state index contributed by atoms with van der Waals surface area (Å²) in [5.41, 5.74) is -0.316. The second-order valence-corrected chi connectivity index (χ2v) is 5.16. The van der Waals surface area contributed by atoms with Crippen LogP contribution in [0.1, 0.15) is 60.3 Å². The Morgan fingerprint density at radius 1 is 1.07 bits per heavy atom. The molecule has 0 spiro atoms. The molecule has 1 saturated carbocycles. The minimum absolute atomic E-state index is 0.126. The van der Waals surface area contributed by atoms with E-state index in [0.29, 0.717) is 6.42 Å². The number of halogens is 3. The maximum Gasteiger partial charge on any atom is 0.389 e. The van der Waals surface area contributed by atoms with E-state index in [4.69, 9.17) is 0 Å². The summed E-state index contributed by atoms with van der Waals surface area (Å²) in [6.07, 6.45) is -2.51. The summed E-state index contributed by atoms with van der Waals surface area (Å²) >= 11 is 0. The third-order valence-electron chi connectivity index (χ3n) is 3.03. The molecule has 0 saturated heterocycles. The minimum Gasteiger partial charge on any atom is -0.171 e. The highest BCUT2D eigenvalue weighted by molar-refractivity contribution is 4.99. The normalized spacial score (nSPS) is 22.4. The van der Waals surface area contributed by atoms with Crippen LogP contribution in [0, 0.1) is 10.8 Å². The van der Waals surface area contributed by atoms with Gasteiger partial charge in [0, 0.05) is 6.42 Å². The van der Waals surface area contributed by atoms with Crippen LogP contribution in [-0.4, -0.2) is 6.18 Å². The van der Waals surface area contributed by atoms with Gasteiger partial charge in [-0.2, -0.15) is 13.2 Å². The van der Waals surface area contributed by atoms with Crippen molar-refractivity contribution in [1.82, 2.24) is 0 Å². The molecule has 15 heavy (non-hydrogen) atoms. The number of hydrogen-bond acceptors (Lipinski definition) is 0. The molecule has 0 aliphatic heterocycles. The molecule has 0 aromatic rings. The van der Waals surface area contributed by atoms with Gasteiger partial charge in [-0.1, -0.05) is 41.0 Å². The van der Waals surface area contributed by atoms with Crippen molar-refractivity contribution in [1.29, 1.82) is 0 Å². The van der Waals surface area contributed by atoms with Crippen molar-refractivity contribution >= 4 is 0 Å². The van der Waals surface area contributed by atoms with Crippen molar-refractivity contribution in [2.45, 2.75) is 66.5 Å². The monoisotopic (exact) mass is 224 g/mol. The standard InChI is InChI=1S/C10H17F3.C2H6/c1-4-9(7-10(11,12)13)5-8(2,3)6-9;1-2/h4-7H2,1-3H3;1-2H3. The Morgan fingerprint density at radius 2 is 1.47 bits per heavy atom. The Labute approximate surface area is 91.3 Å². The SMILES string of the molecule is CC.CCC1(CC(F)(F)F)CC(C)(C)C1. The first-order valence-electron chi connectivity index (χ1n) is 5.75. The largest absolute Gasteiger partial charge is 0.389 e. The van der Waals surface area contributed by atoms with Crippen molar-refractivity contribution in [2.24, 2.45) is 10.8 Å². The number of alkyl halides is 3. The summed E-state index contributed by atoms with van der Waals surface area (Å²) in [7, 11) is 0. The van der Waals surface area contributed by atoms with Gasteiger partial charge < -0.3 is 0 Å². The average Bonchev–Trinajstić information content (AvgIpc) is 2.01. The van der Waals surface area contributed by atoms with Gasteiger partial charge in [-0.05, 0) is 23.7 Å². The van der Waals surface area contributed by atoms with Gasteiger partial charge in [-0.3, -0.25) is 0 Å². The maximum atomic E-state index is 12.2. The first-order valence-corrected chi connectivity index (χ1v) is 5.75. The second kappa shape index (κ2) is 4.75. The first kappa shape index (κ1) is 14.8. The topological polar surface area (TPSA) is 0 Å². The fourth-order valence-corrected chi connectivity index (χ4v) is 2.90. The minimum atomic E-state index is -3.99. The Bertz CT molecular complexity index is 184. The van der Waals surface area contributed by atoms with Crippen LogP contribution in [0.25, 0.3) is 0 Å². The molecule has 0 N–H and O–H groups in total. The van der Waals surface area contributed by atoms with E-state index >= 15 is 0 Å². The summed E-state index contributed by atoms with van der Waals surface area (Å²) in [6, 6.07) is 0. The fourth-order valence-electron chi connectivity index (χ4n) is 2.90. The van der Waals surface area contributed by atoms with Crippen LogP contribution in [-0.2, 0) is 0 Å². The van der Waals surface area contributed by atoms with Crippen LogP contribution in [0.4, 0.5) is 13.2 Å². The molecule has 92 valence electrons. The lowest BCUT2D eigenvalue weighted by molar-refractivity contribution is -0.186. The van der Waals surface area contributed by atoms with E-state index in [1.807, 2.05) is 34.6 Å². The molecule has 0 nitrogen and oxygen atoms in total. The van der Waals surface area contributed by atoms with Gasteiger partial charge in [0.15, 0.2) is 0 Å². The third kappa shape index (κ3) is 4.43. The summed E-state index contributed by atoms with van der Waals surface area (Å²) in [4.78, 5) is 0. The Kier molecular flexibility index (Phi) is 4.68. The molecule has 0 radical (unpaired) electrons. The number of hydrogen-bond donors (Lipinski definition) is 0. The van der Waals surface area contributed by atoms with Crippen molar-refractivity contribution in [3.05, 3.63) is 0 Å². The van der Waals surface area contributed by atoms with Gasteiger partial charge in [-0.15, -0.1) is 0 Å². The zero-order chi connectivity index (χ0) is 12.3. The lowest BCUT2D eigenvalue weighted by atomic mass is 9.52. The van der Waals surface area contributed by atoms with Crippen molar-refractivity contribution in [3.8, 4) is 0 Å². The lowest BCUT2D eigenvalue weighted by Crippen LogP contribution is -2.45. The van der Waals surface area contributed by atoms with Gasteiger partial charge in [-0.25, -0.2) is 0 Å². The van der Waals surface area contributed by atoms with Crippen LogP contribution < -0.4 is 0 Å². The summed E-state index contributed by atoms with van der Waals surface area (Å²) < 4.78 is 36.6. The molecular formula is C12H23F3. The van der Waals surface area contributed by atoms with Gasteiger partial charge in [0.25, 0.3) is 0 Å². The number of rotatable bonds is 2. The molecule has 1 fully saturated rings. The van der Waals surface area contributed by atoms with E-state index in [0.717, 1.165) is 12.8 Å². The van der Waals surface area contributed by atoms with Crippen molar-refractivity contribution < 1.29 is 13.2 Å². The Balaban J connectivity index is 0.000000921. The smallest absolute Gasteiger partial charge is 0.171 e. The highest BCUT2D eigenvalue weighted by Gasteiger charge is 2.52. The first-order chi connectivity index (χ1) is 6.68.